The Labute approximate surface area is 179 Å². The first-order valence-corrected chi connectivity index (χ1v) is 10.9. The van der Waals surface area contributed by atoms with Crippen molar-refractivity contribution in [3.05, 3.63) is 81.3 Å². The minimum absolute atomic E-state index is 0.121. The van der Waals surface area contributed by atoms with Gasteiger partial charge in [0.1, 0.15) is 10.7 Å². The van der Waals surface area contributed by atoms with E-state index in [1.54, 1.807) is 11.3 Å². The average Bonchev–Trinajstić information content (AvgIpc) is 3.23. The summed E-state index contributed by atoms with van der Waals surface area (Å²) < 4.78 is 0. The van der Waals surface area contributed by atoms with Crippen LogP contribution in [0.15, 0.2) is 60.0 Å². The van der Waals surface area contributed by atoms with E-state index < -0.39 is 0 Å². The van der Waals surface area contributed by atoms with Gasteiger partial charge in [0.15, 0.2) is 0 Å². The summed E-state index contributed by atoms with van der Waals surface area (Å²) in [6, 6.07) is 17.9. The van der Waals surface area contributed by atoms with Gasteiger partial charge in [-0.2, -0.15) is 0 Å². The van der Waals surface area contributed by atoms with Crippen molar-refractivity contribution >= 4 is 34.5 Å². The largest absolute Gasteiger partial charge is 0.369 e. The minimum atomic E-state index is -0.121. The number of nitrogens with one attached hydrogen (secondary N) is 1. The molecule has 1 saturated heterocycles. The Kier molecular flexibility index (Phi) is 6.44. The van der Waals surface area contributed by atoms with Crippen molar-refractivity contribution in [2.75, 3.05) is 31.1 Å². The smallest absolute Gasteiger partial charge is 0.271 e. The van der Waals surface area contributed by atoms with Gasteiger partial charge in [0.2, 0.25) is 0 Å². The molecule has 0 radical (unpaired) electrons. The number of piperazine rings is 1. The molecule has 0 saturated carbocycles. The number of halogens is 1. The van der Waals surface area contributed by atoms with Gasteiger partial charge in [-0.3, -0.25) is 9.69 Å². The zero-order valence-corrected chi connectivity index (χ0v) is 17.6. The van der Waals surface area contributed by atoms with Crippen LogP contribution in [0.3, 0.4) is 0 Å². The number of hydrogen-bond donors (Lipinski definition) is 1. The van der Waals surface area contributed by atoms with E-state index in [4.69, 9.17) is 11.6 Å². The van der Waals surface area contributed by atoms with Gasteiger partial charge in [0, 0.05) is 48.8 Å². The van der Waals surface area contributed by atoms with Gasteiger partial charge < -0.3 is 10.2 Å². The number of anilines is 1. The molecule has 5 nitrogen and oxygen atoms in total. The molecule has 4 rings (SSSR count). The molecule has 0 spiro atoms. The maximum absolute atomic E-state index is 12.4. The zero-order chi connectivity index (χ0) is 20.1. The van der Waals surface area contributed by atoms with E-state index in [1.807, 2.05) is 47.8 Å². The first-order chi connectivity index (χ1) is 14.2. The third-order valence-electron chi connectivity index (χ3n) is 5.00. The van der Waals surface area contributed by atoms with Crippen LogP contribution in [0.2, 0.25) is 5.02 Å². The highest BCUT2D eigenvalue weighted by Crippen LogP contribution is 2.20. The number of aromatic nitrogens is 1. The highest BCUT2D eigenvalue weighted by atomic mass is 35.5. The quantitative estimate of drug-likeness (QED) is 0.646. The first-order valence-electron chi connectivity index (χ1n) is 9.67. The second kappa shape index (κ2) is 9.39. The Morgan fingerprint density at radius 2 is 1.76 bits per heavy atom. The first kappa shape index (κ1) is 19.9. The molecule has 2 aromatic carbocycles. The molecule has 0 aliphatic carbocycles. The molecule has 0 bridgehead atoms. The second-order valence-electron chi connectivity index (χ2n) is 7.03. The third-order valence-corrected chi connectivity index (χ3v) is 6.09. The highest BCUT2D eigenvalue weighted by molar-refractivity contribution is 7.09. The molecule has 1 fully saturated rings. The summed E-state index contributed by atoms with van der Waals surface area (Å²) in [5.74, 6) is -0.121. The third kappa shape index (κ3) is 5.35. The van der Waals surface area contributed by atoms with Crippen LogP contribution < -0.4 is 10.2 Å². The monoisotopic (exact) mass is 426 g/mol. The summed E-state index contributed by atoms with van der Waals surface area (Å²) in [7, 11) is 0. The van der Waals surface area contributed by atoms with Crippen LogP contribution >= 0.6 is 22.9 Å². The fourth-order valence-electron chi connectivity index (χ4n) is 3.36. The summed E-state index contributed by atoms with van der Waals surface area (Å²) in [6.07, 6.45) is 0. The molecule has 1 aromatic heterocycles. The van der Waals surface area contributed by atoms with E-state index in [-0.39, 0.29) is 5.91 Å². The van der Waals surface area contributed by atoms with Crippen LogP contribution in [-0.2, 0) is 13.1 Å². The van der Waals surface area contributed by atoms with Crippen molar-refractivity contribution in [1.29, 1.82) is 0 Å². The lowest BCUT2D eigenvalue weighted by Crippen LogP contribution is -2.45. The summed E-state index contributed by atoms with van der Waals surface area (Å²) in [5, 5.41) is 6.53. The van der Waals surface area contributed by atoms with Gasteiger partial charge >= 0.3 is 0 Å². The normalized spacial score (nSPS) is 14.7. The molecule has 3 aromatic rings. The van der Waals surface area contributed by atoms with Gasteiger partial charge in [-0.1, -0.05) is 41.9 Å². The van der Waals surface area contributed by atoms with Crippen LogP contribution in [0.5, 0.6) is 0 Å². The van der Waals surface area contributed by atoms with E-state index in [9.17, 15) is 4.79 Å². The molecule has 7 heteroatoms. The molecular weight excluding hydrogens is 404 g/mol. The highest BCUT2D eigenvalue weighted by Gasteiger charge is 2.19. The average molecular weight is 427 g/mol. The Morgan fingerprint density at radius 3 is 2.48 bits per heavy atom. The Balaban J connectivity index is 1.26. The Hall–Kier alpha value is -2.41. The van der Waals surface area contributed by atoms with Crippen molar-refractivity contribution in [1.82, 2.24) is 15.2 Å². The number of hydrogen-bond acceptors (Lipinski definition) is 5. The van der Waals surface area contributed by atoms with Crippen LogP contribution in [0.4, 0.5) is 5.69 Å². The Morgan fingerprint density at radius 1 is 1.03 bits per heavy atom. The lowest BCUT2D eigenvalue weighted by molar-refractivity contribution is 0.0946. The Bertz CT molecular complexity index is 937. The number of rotatable bonds is 6. The second-order valence-corrected chi connectivity index (χ2v) is 8.41. The van der Waals surface area contributed by atoms with Gasteiger partial charge in [-0.05, 0) is 29.8 Å². The minimum Gasteiger partial charge on any atom is -0.369 e. The molecule has 1 N–H and O–H groups in total. The molecule has 0 atom stereocenters. The number of carbonyl (C=O) groups excluding carboxylic acids is 1. The van der Waals surface area contributed by atoms with Crippen LogP contribution in [0, 0.1) is 0 Å². The number of benzene rings is 2. The van der Waals surface area contributed by atoms with E-state index in [0.717, 1.165) is 48.3 Å². The predicted octanol–water partition coefficient (Wildman–Crippen LogP) is 4.05. The molecule has 1 aliphatic heterocycles. The molecular formula is C22H23ClN4OS. The predicted molar refractivity (Wildman–Crippen MR) is 119 cm³/mol. The lowest BCUT2D eigenvalue weighted by atomic mass is 10.2. The number of thiazole rings is 1. The summed E-state index contributed by atoms with van der Waals surface area (Å²) in [6.45, 7) is 5.18. The molecule has 150 valence electrons. The molecule has 1 amide bonds. The maximum Gasteiger partial charge on any atom is 0.271 e. The van der Waals surface area contributed by atoms with Crippen molar-refractivity contribution < 1.29 is 4.79 Å². The standard InChI is InChI=1S/C22H23ClN4OS/c23-18-6-8-19(9-7-18)27-12-10-26(11-13-27)15-21-25-20(16-29-21)22(28)24-14-17-4-2-1-3-5-17/h1-9,16H,10-15H2,(H,24,28). The summed E-state index contributed by atoms with van der Waals surface area (Å²) in [4.78, 5) is 21.6. The SMILES string of the molecule is O=C(NCc1ccccc1)c1csc(CN2CCN(c3ccc(Cl)cc3)CC2)n1. The lowest BCUT2D eigenvalue weighted by Gasteiger charge is -2.35. The van der Waals surface area contributed by atoms with Crippen molar-refractivity contribution in [2.24, 2.45) is 0 Å². The molecule has 29 heavy (non-hydrogen) atoms. The van der Waals surface area contributed by atoms with Crippen LogP contribution in [-0.4, -0.2) is 42.0 Å². The fourth-order valence-corrected chi connectivity index (χ4v) is 4.31. The van der Waals surface area contributed by atoms with E-state index in [0.29, 0.717) is 12.2 Å². The van der Waals surface area contributed by atoms with Gasteiger partial charge in [0.25, 0.3) is 5.91 Å². The number of carbonyl (C=O) groups is 1. The summed E-state index contributed by atoms with van der Waals surface area (Å²) >= 11 is 7.53. The van der Waals surface area contributed by atoms with E-state index in [1.165, 1.54) is 5.69 Å². The van der Waals surface area contributed by atoms with Crippen molar-refractivity contribution in [3.8, 4) is 0 Å². The number of nitrogens with zero attached hydrogens (tertiary/aromatic N) is 3. The maximum atomic E-state index is 12.4. The van der Waals surface area contributed by atoms with Crippen LogP contribution in [0.25, 0.3) is 0 Å². The van der Waals surface area contributed by atoms with E-state index >= 15 is 0 Å². The van der Waals surface area contributed by atoms with Crippen molar-refractivity contribution in [3.63, 3.8) is 0 Å². The van der Waals surface area contributed by atoms with Crippen LogP contribution in [0.1, 0.15) is 21.1 Å². The summed E-state index contributed by atoms with van der Waals surface area (Å²) in [5.41, 5.74) is 2.79. The van der Waals surface area contributed by atoms with Gasteiger partial charge in [0.05, 0.1) is 6.54 Å². The number of amides is 1. The zero-order valence-electron chi connectivity index (χ0n) is 16.1. The van der Waals surface area contributed by atoms with E-state index in [2.05, 4.69) is 32.2 Å². The van der Waals surface area contributed by atoms with Gasteiger partial charge in [-0.25, -0.2) is 4.98 Å². The molecule has 1 aliphatic rings. The molecule has 2 heterocycles. The van der Waals surface area contributed by atoms with Gasteiger partial charge in [-0.15, -0.1) is 11.3 Å². The topological polar surface area (TPSA) is 48.5 Å². The molecule has 0 unspecified atom stereocenters. The fraction of sp³-hybridized carbons (Fsp3) is 0.273. The van der Waals surface area contributed by atoms with Crippen molar-refractivity contribution in [2.45, 2.75) is 13.1 Å².